The van der Waals surface area contributed by atoms with Gasteiger partial charge < -0.3 is 15.5 Å². The van der Waals surface area contributed by atoms with Crippen LogP contribution in [0.2, 0.25) is 5.02 Å². The lowest BCUT2D eigenvalue weighted by Gasteiger charge is -2.09. The van der Waals surface area contributed by atoms with Gasteiger partial charge in [0, 0.05) is 23.5 Å². The van der Waals surface area contributed by atoms with Crippen LogP contribution in [0, 0.1) is 0 Å². The van der Waals surface area contributed by atoms with E-state index >= 15 is 0 Å². The Kier molecular flexibility index (Phi) is 6.60. The van der Waals surface area contributed by atoms with Crippen LogP contribution in [0.3, 0.4) is 0 Å². The number of benzene rings is 3. The zero-order valence-electron chi connectivity index (χ0n) is 18.2. The molecule has 0 saturated carbocycles. The lowest BCUT2D eigenvalue weighted by molar-refractivity contribution is -0.115. The molecule has 0 aliphatic heterocycles. The highest BCUT2D eigenvalue weighted by Gasteiger charge is 2.18. The first-order chi connectivity index (χ1) is 16.1. The number of anilines is 1. The molecule has 0 radical (unpaired) electrons. The van der Waals surface area contributed by atoms with Crippen molar-refractivity contribution < 1.29 is 23.4 Å². The Labute approximate surface area is 201 Å². The van der Waals surface area contributed by atoms with E-state index in [9.17, 15) is 23.4 Å². The van der Waals surface area contributed by atoms with Crippen molar-refractivity contribution in [3.8, 4) is 5.75 Å². The number of nitrogens with one attached hydrogen (secondary N) is 1. The predicted molar refractivity (Wildman–Crippen MR) is 130 cm³/mol. The minimum atomic E-state index is -3.61. The number of aliphatic hydroxyl groups is 1. The molecule has 0 unspecified atom stereocenters. The smallest absolute Gasteiger partial charge is 0.228 e. The monoisotopic (exact) mass is 499 g/mol. The molecule has 0 aliphatic rings. The van der Waals surface area contributed by atoms with Gasteiger partial charge in [-0.25, -0.2) is 8.42 Å². The maximum absolute atomic E-state index is 12.6. The number of amides is 1. The maximum atomic E-state index is 12.6. The van der Waals surface area contributed by atoms with E-state index in [1.807, 2.05) is 24.3 Å². The summed E-state index contributed by atoms with van der Waals surface area (Å²) in [6, 6.07) is 15.0. The fourth-order valence-corrected chi connectivity index (χ4v) is 4.71. The molecule has 4 aromatic rings. The number of halogens is 1. The molecule has 34 heavy (non-hydrogen) atoms. The summed E-state index contributed by atoms with van der Waals surface area (Å²) >= 11 is 6.06. The molecule has 1 heterocycles. The van der Waals surface area contributed by atoms with Crippen LogP contribution in [0.5, 0.6) is 5.75 Å². The van der Waals surface area contributed by atoms with Crippen molar-refractivity contribution in [3.63, 3.8) is 0 Å². The molecule has 0 saturated heterocycles. The summed E-state index contributed by atoms with van der Waals surface area (Å²) in [5, 5.41) is 26.7. The van der Waals surface area contributed by atoms with E-state index in [2.05, 4.69) is 10.4 Å². The molecular weight excluding hydrogens is 478 g/mol. The Hall–Kier alpha value is -3.40. The molecule has 0 aliphatic carbocycles. The van der Waals surface area contributed by atoms with Crippen LogP contribution < -0.4 is 5.32 Å². The summed E-state index contributed by atoms with van der Waals surface area (Å²) in [5.74, 6) is -0.543. The fourth-order valence-electron chi connectivity index (χ4n) is 3.62. The van der Waals surface area contributed by atoms with Crippen LogP contribution in [-0.4, -0.2) is 40.6 Å². The lowest BCUT2D eigenvalue weighted by atomic mass is 10.1. The molecule has 176 valence electrons. The molecule has 3 N–H and O–H groups in total. The molecular formula is C24H22ClN3O5S. The number of carbonyl (C=O) groups excluding carboxylic acids is 1. The van der Waals surface area contributed by atoms with E-state index in [4.69, 9.17) is 11.6 Å². The summed E-state index contributed by atoms with van der Waals surface area (Å²) in [5.41, 5.74) is 2.87. The van der Waals surface area contributed by atoms with Crippen molar-refractivity contribution >= 4 is 43.9 Å². The van der Waals surface area contributed by atoms with Crippen molar-refractivity contribution in [1.82, 2.24) is 9.78 Å². The zero-order valence-corrected chi connectivity index (χ0v) is 19.8. The maximum Gasteiger partial charge on any atom is 0.228 e. The van der Waals surface area contributed by atoms with Gasteiger partial charge in [-0.2, -0.15) is 5.10 Å². The van der Waals surface area contributed by atoms with E-state index in [1.54, 1.807) is 29.1 Å². The summed E-state index contributed by atoms with van der Waals surface area (Å²) in [6.07, 6.45) is 2.66. The molecule has 8 nitrogen and oxygen atoms in total. The fraction of sp³-hybridized carbons (Fsp3) is 0.167. The minimum absolute atomic E-state index is 0.0458. The van der Waals surface area contributed by atoms with Gasteiger partial charge in [-0.05, 0) is 34.9 Å². The molecule has 3 aromatic carbocycles. The lowest BCUT2D eigenvalue weighted by Crippen LogP contribution is -2.15. The van der Waals surface area contributed by atoms with E-state index in [1.165, 1.54) is 12.1 Å². The third-order valence-electron chi connectivity index (χ3n) is 5.28. The van der Waals surface area contributed by atoms with Gasteiger partial charge >= 0.3 is 0 Å². The number of rotatable bonds is 7. The van der Waals surface area contributed by atoms with Gasteiger partial charge in [0.15, 0.2) is 9.84 Å². The summed E-state index contributed by atoms with van der Waals surface area (Å²) < 4.78 is 26.6. The first-order valence-corrected chi connectivity index (χ1v) is 12.6. The van der Waals surface area contributed by atoms with Gasteiger partial charge in [-0.3, -0.25) is 9.48 Å². The second-order valence-corrected chi connectivity index (χ2v) is 10.3. The Morgan fingerprint density at radius 3 is 2.50 bits per heavy atom. The van der Waals surface area contributed by atoms with Crippen LogP contribution >= 0.6 is 11.6 Å². The van der Waals surface area contributed by atoms with Gasteiger partial charge in [-0.1, -0.05) is 48.0 Å². The number of phenolic OH excluding ortho intramolecular Hbond substituents is 1. The number of phenols is 1. The van der Waals surface area contributed by atoms with Gasteiger partial charge in [0.2, 0.25) is 5.91 Å². The van der Waals surface area contributed by atoms with E-state index in [-0.39, 0.29) is 34.4 Å². The highest BCUT2D eigenvalue weighted by atomic mass is 35.5. The van der Waals surface area contributed by atoms with Gasteiger partial charge in [-0.15, -0.1) is 0 Å². The SMILES string of the molecule is CS(=O)(=O)c1cc(NC(=O)Cc2cccc(O)c2Cl)cc2nn(Cc3ccc(CO)cc3)cc12. The third-order valence-corrected chi connectivity index (χ3v) is 6.85. The van der Waals surface area contributed by atoms with Crippen molar-refractivity contribution in [2.75, 3.05) is 11.6 Å². The van der Waals surface area contributed by atoms with Crippen molar-refractivity contribution in [1.29, 1.82) is 0 Å². The highest BCUT2D eigenvalue weighted by molar-refractivity contribution is 7.91. The predicted octanol–water partition coefficient (Wildman–Crippen LogP) is 3.52. The molecule has 0 fully saturated rings. The number of fused-ring (bicyclic) bond motifs is 1. The third kappa shape index (κ3) is 5.22. The number of aromatic hydroxyl groups is 1. The first kappa shape index (κ1) is 23.7. The quantitative estimate of drug-likeness (QED) is 0.357. The first-order valence-electron chi connectivity index (χ1n) is 10.3. The average Bonchev–Trinajstić information content (AvgIpc) is 3.18. The zero-order chi connectivity index (χ0) is 24.5. The van der Waals surface area contributed by atoms with Crippen molar-refractivity contribution in [2.45, 2.75) is 24.5 Å². The Balaban J connectivity index is 1.63. The number of nitrogens with zero attached hydrogens (tertiary/aromatic N) is 2. The molecule has 1 amide bonds. The van der Waals surface area contributed by atoms with Crippen LogP contribution in [0.25, 0.3) is 10.9 Å². The molecule has 0 atom stereocenters. The molecule has 4 rings (SSSR count). The summed E-state index contributed by atoms with van der Waals surface area (Å²) in [7, 11) is -3.61. The standard InChI is InChI=1S/C24H22ClN3O5S/c1-34(32,33)22-11-18(26-23(31)9-17-3-2-4-21(30)24(17)25)10-20-19(22)13-28(27-20)12-15-5-7-16(14-29)8-6-15/h2-8,10-11,13,29-30H,9,12,14H2,1H3,(H,26,31). The molecule has 1 aromatic heterocycles. The minimum Gasteiger partial charge on any atom is -0.506 e. The molecule has 10 heteroatoms. The Morgan fingerprint density at radius 2 is 1.82 bits per heavy atom. The van der Waals surface area contributed by atoms with Gasteiger partial charge in [0.05, 0.1) is 35.0 Å². The summed E-state index contributed by atoms with van der Waals surface area (Å²) in [4.78, 5) is 12.7. The van der Waals surface area contributed by atoms with Crippen LogP contribution in [0.4, 0.5) is 5.69 Å². The Morgan fingerprint density at radius 1 is 1.12 bits per heavy atom. The second-order valence-electron chi connectivity index (χ2n) is 7.96. The average molecular weight is 500 g/mol. The van der Waals surface area contributed by atoms with Gasteiger partial charge in [0.1, 0.15) is 5.75 Å². The van der Waals surface area contributed by atoms with Crippen LogP contribution in [-0.2, 0) is 34.2 Å². The van der Waals surface area contributed by atoms with Crippen LogP contribution in [0.15, 0.2) is 65.7 Å². The normalized spacial score (nSPS) is 11.6. The highest BCUT2D eigenvalue weighted by Crippen LogP contribution is 2.29. The number of hydrogen-bond acceptors (Lipinski definition) is 6. The second kappa shape index (κ2) is 9.46. The number of aromatic nitrogens is 2. The Bertz CT molecular complexity index is 1480. The largest absolute Gasteiger partial charge is 0.506 e. The van der Waals surface area contributed by atoms with E-state index in [0.29, 0.717) is 23.0 Å². The number of aliphatic hydroxyl groups excluding tert-OH is 1. The van der Waals surface area contributed by atoms with Crippen molar-refractivity contribution in [2.24, 2.45) is 0 Å². The van der Waals surface area contributed by atoms with Crippen LogP contribution in [0.1, 0.15) is 16.7 Å². The van der Waals surface area contributed by atoms with E-state index < -0.39 is 15.7 Å². The number of carbonyl (C=O) groups is 1. The van der Waals surface area contributed by atoms with E-state index in [0.717, 1.165) is 17.4 Å². The molecule has 0 spiro atoms. The van der Waals surface area contributed by atoms with Gasteiger partial charge in [0.25, 0.3) is 0 Å². The van der Waals surface area contributed by atoms with Crippen molar-refractivity contribution in [3.05, 3.63) is 82.5 Å². The number of sulfone groups is 1. The summed E-state index contributed by atoms with van der Waals surface area (Å²) in [6.45, 7) is 0.358. The number of hydrogen-bond donors (Lipinski definition) is 3. The molecule has 0 bridgehead atoms. The topological polar surface area (TPSA) is 122 Å².